The lowest BCUT2D eigenvalue weighted by Gasteiger charge is -2.17. The first-order valence-corrected chi connectivity index (χ1v) is 9.23. The smallest absolute Gasteiger partial charge is 0.242 e. The molecule has 1 aromatic rings. The molecule has 6 nitrogen and oxygen atoms in total. The van der Waals surface area contributed by atoms with Crippen LogP contribution >= 0.6 is 11.8 Å². The molecule has 2 N–H and O–H groups in total. The fourth-order valence-corrected chi connectivity index (χ4v) is 2.74. The first-order valence-electron chi connectivity index (χ1n) is 6.18. The number of nitrogens with zero attached hydrogens (tertiary/aromatic N) is 1. The van der Waals surface area contributed by atoms with Crippen molar-refractivity contribution in [3.8, 4) is 0 Å². The van der Waals surface area contributed by atoms with E-state index in [-0.39, 0.29) is 11.7 Å². The molecule has 1 unspecified atom stereocenters. The lowest BCUT2D eigenvalue weighted by molar-refractivity contribution is -0.117. The highest BCUT2D eigenvalue weighted by Crippen LogP contribution is 2.08. The Balaban J connectivity index is 2.74. The summed E-state index contributed by atoms with van der Waals surface area (Å²) in [5.41, 5.74) is 0.544. The minimum absolute atomic E-state index is 0.0526. The normalized spacial score (nSPS) is 12.9. The van der Waals surface area contributed by atoms with Gasteiger partial charge in [0.15, 0.2) is 0 Å². The molecule has 1 amide bonds. The largest absolute Gasteiger partial charge is 0.323 e. The third-order valence-electron chi connectivity index (χ3n) is 2.56. The topological polar surface area (TPSA) is 88.2 Å². The van der Waals surface area contributed by atoms with Crippen molar-refractivity contribution in [1.82, 2.24) is 9.71 Å². The number of aromatic nitrogens is 1. The first kappa shape index (κ1) is 16.9. The molecule has 0 fully saturated rings. The molecule has 8 heteroatoms. The van der Waals surface area contributed by atoms with Gasteiger partial charge in [-0.3, -0.25) is 9.78 Å². The SMILES string of the molecule is CCS(=O)(=O)NC(CCSC)C(=O)Nc1cccnc1. The molecule has 1 atom stereocenters. The summed E-state index contributed by atoms with van der Waals surface area (Å²) >= 11 is 1.56. The van der Waals surface area contributed by atoms with E-state index in [4.69, 9.17) is 0 Å². The Hall–Kier alpha value is -1.12. The van der Waals surface area contributed by atoms with Crippen LogP contribution in [-0.2, 0) is 14.8 Å². The molecule has 0 aliphatic carbocycles. The number of nitrogens with one attached hydrogen (secondary N) is 2. The average molecular weight is 317 g/mol. The zero-order valence-corrected chi connectivity index (χ0v) is 13.1. The summed E-state index contributed by atoms with van der Waals surface area (Å²) in [4.78, 5) is 16.0. The molecule has 112 valence electrons. The first-order chi connectivity index (χ1) is 9.48. The van der Waals surface area contributed by atoms with Crippen molar-refractivity contribution < 1.29 is 13.2 Å². The van der Waals surface area contributed by atoms with Gasteiger partial charge in [-0.15, -0.1) is 0 Å². The predicted molar refractivity (Wildman–Crippen MR) is 82.3 cm³/mol. The van der Waals surface area contributed by atoms with Crippen molar-refractivity contribution in [2.24, 2.45) is 0 Å². The van der Waals surface area contributed by atoms with E-state index >= 15 is 0 Å². The fourth-order valence-electron chi connectivity index (χ4n) is 1.45. The molecular formula is C12H19N3O3S2. The fraction of sp³-hybridized carbons (Fsp3) is 0.500. The van der Waals surface area contributed by atoms with Gasteiger partial charge in [0.2, 0.25) is 15.9 Å². The number of carbonyl (C=O) groups excluding carboxylic acids is 1. The zero-order valence-electron chi connectivity index (χ0n) is 11.5. The maximum atomic E-state index is 12.1. The third-order valence-corrected chi connectivity index (χ3v) is 4.61. The highest BCUT2D eigenvalue weighted by molar-refractivity contribution is 7.98. The lowest BCUT2D eigenvalue weighted by Crippen LogP contribution is -2.44. The number of rotatable bonds is 8. The molecule has 1 aromatic heterocycles. The monoisotopic (exact) mass is 317 g/mol. The summed E-state index contributed by atoms with van der Waals surface area (Å²) < 4.78 is 25.7. The van der Waals surface area contributed by atoms with Crippen LogP contribution in [0.15, 0.2) is 24.5 Å². The van der Waals surface area contributed by atoms with Gasteiger partial charge in [-0.05, 0) is 37.5 Å². The van der Waals surface area contributed by atoms with Crippen molar-refractivity contribution >= 4 is 33.4 Å². The number of thioether (sulfide) groups is 1. The highest BCUT2D eigenvalue weighted by atomic mass is 32.2. The van der Waals surface area contributed by atoms with E-state index in [1.54, 1.807) is 30.1 Å². The number of carbonyl (C=O) groups is 1. The molecule has 0 bridgehead atoms. The van der Waals surface area contributed by atoms with E-state index in [0.29, 0.717) is 17.9 Å². The van der Waals surface area contributed by atoms with E-state index in [1.165, 1.54) is 13.1 Å². The van der Waals surface area contributed by atoms with Gasteiger partial charge in [-0.1, -0.05) is 0 Å². The van der Waals surface area contributed by atoms with Gasteiger partial charge < -0.3 is 5.32 Å². The molecule has 0 aliphatic heterocycles. The summed E-state index contributed by atoms with van der Waals surface area (Å²) in [6.07, 6.45) is 5.45. The second-order valence-electron chi connectivity index (χ2n) is 4.09. The Bertz CT molecular complexity index is 520. The predicted octanol–water partition coefficient (Wildman–Crippen LogP) is 1.08. The zero-order chi connectivity index (χ0) is 15.0. The van der Waals surface area contributed by atoms with Gasteiger partial charge in [0, 0.05) is 6.20 Å². The van der Waals surface area contributed by atoms with E-state index in [0.717, 1.165) is 0 Å². The minimum Gasteiger partial charge on any atom is -0.323 e. The molecule has 0 radical (unpaired) electrons. The van der Waals surface area contributed by atoms with Crippen LogP contribution in [-0.4, -0.2) is 43.1 Å². The molecule has 0 saturated heterocycles. The number of sulfonamides is 1. The maximum Gasteiger partial charge on any atom is 0.242 e. The Labute approximate surface area is 123 Å². The molecule has 0 saturated carbocycles. The Kier molecular flexibility index (Phi) is 6.97. The van der Waals surface area contributed by atoms with Gasteiger partial charge in [0.05, 0.1) is 17.6 Å². The Morgan fingerprint density at radius 1 is 1.50 bits per heavy atom. The molecule has 0 aliphatic rings. The number of amides is 1. The van der Waals surface area contributed by atoms with Crippen LogP contribution < -0.4 is 10.0 Å². The van der Waals surface area contributed by atoms with Crippen molar-refractivity contribution in [3.63, 3.8) is 0 Å². The van der Waals surface area contributed by atoms with Crippen LogP contribution in [0.2, 0.25) is 0 Å². The summed E-state index contributed by atoms with van der Waals surface area (Å²) in [7, 11) is -3.42. The molecule has 1 heterocycles. The van der Waals surface area contributed by atoms with Crippen molar-refractivity contribution in [3.05, 3.63) is 24.5 Å². The Morgan fingerprint density at radius 3 is 2.80 bits per heavy atom. The van der Waals surface area contributed by atoms with Crippen LogP contribution in [0.3, 0.4) is 0 Å². The molecule has 1 rings (SSSR count). The van der Waals surface area contributed by atoms with Gasteiger partial charge in [-0.25, -0.2) is 13.1 Å². The van der Waals surface area contributed by atoms with Crippen LogP contribution in [0.1, 0.15) is 13.3 Å². The quantitative estimate of drug-likeness (QED) is 0.749. The number of hydrogen-bond acceptors (Lipinski definition) is 5. The second kappa shape index (κ2) is 8.23. The second-order valence-corrected chi connectivity index (χ2v) is 7.11. The molecule has 0 aromatic carbocycles. The molecule has 0 spiro atoms. The van der Waals surface area contributed by atoms with Crippen molar-refractivity contribution in [2.45, 2.75) is 19.4 Å². The van der Waals surface area contributed by atoms with Crippen LogP contribution in [0.5, 0.6) is 0 Å². The van der Waals surface area contributed by atoms with Gasteiger partial charge in [-0.2, -0.15) is 11.8 Å². The lowest BCUT2D eigenvalue weighted by atomic mass is 10.2. The van der Waals surface area contributed by atoms with Crippen LogP contribution in [0, 0.1) is 0 Å². The van der Waals surface area contributed by atoms with Gasteiger partial charge in [0.25, 0.3) is 0 Å². The average Bonchev–Trinajstić information content (AvgIpc) is 2.44. The number of hydrogen-bond donors (Lipinski definition) is 2. The van der Waals surface area contributed by atoms with Gasteiger partial charge in [0.1, 0.15) is 6.04 Å². The summed E-state index contributed by atoms with van der Waals surface area (Å²) in [6, 6.07) is 2.63. The third kappa shape index (κ3) is 5.89. The highest BCUT2D eigenvalue weighted by Gasteiger charge is 2.23. The maximum absolute atomic E-state index is 12.1. The number of anilines is 1. The van der Waals surface area contributed by atoms with E-state index in [1.807, 2.05) is 6.26 Å². The van der Waals surface area contributed by atoms with Gasteiger partial charge >= 0.3 is 0 Å². The number of pyridine rings is 1. The molecule has 20 heavy (non-hydrogen) atoms. The van der Waals surface area contributed by atoms with Crippen LogP contribution in [0.4, 0.5) is 5.69 Å². The van der Waals surface area contributed by atoms with Crippen molar-refractivity contribution in [1.29, 1.82) is 0 Å². The standard InChI is InChI=1S/C12H19N3O3S2/c1-3-20(17,18)15-11(6-8-19-2)12(16)14-10-5-4-7-13-9-10/h4-5,7,9,11,15H,3,6,8H2,1-2H3,(H,14,16). The minimum atomic E-state index is -3.42. The summed E-state index contributed by atoms with van der Waals surface area (Å²) in [6.45, 7) is 1.53. The molecular weight excluding hydrogens is 298 g/mol. The Morgan fingerprint density at radius 2 is 2.25 bits per heavy atom. The van der Waals surface area contributed by atoms with E-state index < -0.39 is 16.1 Å². The summed E-state index contributed by atoms with van der Waals surface area (Å²) in [5.74, 6) is 0.268. The van der Waals surface area contributed by atoms with Crippen LogP contribution in [0.25, 0.3) is 0 Å². The van der Waals surface area contributed by atoms with Crippen molar-refractivity contribution in [2.75, 3.05) is 23.1 Å². The summed E-state index contributed by atoms with van der Waals surface area (Å²) in [5, 5.41) is 2.66. The van der Waals surface area contributed by atoms with E-state index in [9.17, 15) is 13.2 Å². The van der Waals surface area contributed by atoms with E-state index in [2.05, 4.69) is 15.0 Å².